The van der Waals surface area contributed by atoms with Gasteiger partial charge >= 0.3 is 0 Å². The molecule has 0 aromatic rings. The summed E-state index contributed by atoms with van der Waals surface area (Å²) in [5, 5.41) is 2.60. The summed E-state index contributed by atoms with van der Waals surface area (Å²) in [5.41, 5.74) is 0. The third-order valence-electron chi connectivity index (χ3n) is 2.44. The third-order valence-corrected chi connectivity index (χ3v) is 4.53. The monoisotopic (exact) mass is 234 g/mol. The van der Waals surface area contributed by atoms with E-state index in [-0.39, 0.29) is 15.6 Å². The van der Waals surface area contributed by atoms with E-state index in [0.29, 0.717) is 0 Å². The second-order valence-electron chi connectivity index (χ2n) is 3.47. The number of sulfone groups is 1. The van der Waals surface area contributed by atoms with Gasteiger partial charge in [0.15, 0.2) is 4.36 Å². The molecule has 1 fully saturated rings. The predicted octanol–water partition coefficient (Wildman–Crippen LogP) is 1.34. The standard InChI is InChI=1S/C8H11ClN2O2S/c9-7-5-10-8(14(7,12)13)11-6-3-1-2-4-6/h5-6H,1-4H2,(H,10,11). The van der Waals surface area contributed by atoms with Crippen molar-refractivity contribution >= 4 is 26.6 Å². The van der Waals surface area contributed by atoms with Crippen LogP contribution in [0.4, 0.5) is 0 Å². The van der Waals surface area contributed by atoms with E-state index in [2.05, 4.69) is 10.3 Å². The molecule has 2 rings (SSSR count). The predicted molar refractivity (Wildman–Crippen MR) is 55.7 cm³/mol. The number of amidine groups is 1. The average molecular weight is 235 g/mol. The van der Waals surface area contributed by atoms with E-state index in [4.69, 9.17) is 11.6 Å². The molecule has 4 nitrogen and oxygen atoms in total. The Bertz CT molecular complexity index is 394. The zero-order valence-corrected chi connectivity index (χ0v) is 9.11. The summed E-state index contributed by atoms with van der Waals surface area (Å²) in [4.78, 5) is 4.16. The first kappa shape index (κ1) is 9.98. The van der Waals surface area contributed by atoms with Crippen LogP contribution in [-0.2, 0) is 9.84 Å². The number of nitrogens with one attached hydrogen (secondary N) is 1. The van der Waals surface area contributed by atoms with Gasteiger partial charge in [-0.1, -0.05) is 24.4 Å². The second-order valence-corrected chi connectivity index (χ2v) is 5.93. The van der Waals surface area contributed by atoms with Gasteiger partial charge in [0.25, 0.3) is 9.84 Å². The van der Waals surface area contributed by atoms with E-state index in [9.17, 15) is 8.42 Å². The lowest BCUT2D eigenvalue weighted by molar-refractivity contribution is 0.613. The topological polar surface area (TPSA) is 58.5 Å². The molecule has 1 heterocycles. The number of hydrogen-bond donors (Lipinski definition) is 1. The van der Waals surface area contributed by atoms with Gasteiger partial charge in [0, 0.05) is 6.20 Å². The summed E-state index contributed by atoms with van der Waals surface area (Å²) in [5.74, 6) is 0. The van der Waals surface area contributed by atoms with E-state index in [1.54, 1.807) is 0 Å². The van der Waals surface area contributed by atoms with E-state index >= 15 is 0 Å². The lowest BCUT2D eigenvalue weighted by Crippen LogP contribution is -2.22. The van der Waals surface area contributed by atoms with Gasteiger partial charge in [-0.2, -0.15) is 0 Å². The van der Waals surface area contributed by atoms with Gasteiger partial charge in [0.1, 0.15) is 0 Å². The Kier molecular flexibility index (Phi) is 2.53. The quantitative estimate of drug-likeness (QED) is 0.745. The van der Waals surface area contributed by atoms with Crippen LogP contribution in [0.1, 0.15) is 25.7 Å². The van der Waals surface area contributed by atoms with Crippen molar-refractivity contribution in [2.75, 3.05) is 0 Å². The van der Waals surface area contributed by atoms with Crippen LogP contribution in [0.2, 0.25) is 0 Å². The molecule has 0 radical (unpaired) electrons. The van der Waals surface area contributed by atoms with Crippen LogP contribution in [0.15, 0.2) is 15.6 Å². The molecule has 0 aromatic heterocycles. The minimum atomic E-state index is -3.49. The zero-order chi connectivity index (χ0) is 10.2. The van der Waals surface area contributed by atoms with Gasteiger partial charge in [0.2, 0.25) is 5.17 Å². The van der Waals surface area contributed by atoms with Crippen LogP contribution in [0.25, 0.3) is 0 Å². The second kappa shape index (κ2) is 3.55. The average Bonchev–Trinajstić information content (AvgIpc) is 2.70. The summed E-state index contributed by atoms with van der Waals surface area (Å²) in [6.45, 7) is 0. The Morgan fingerprint density at radius 2 is 2.07 bits per heavy atom. The zero-order valence-electron chi connectivity index (χ0n) is 7.53. The van der Waals surface area contributed by atoms with Crippen LogP contribution in [0, 0.1) is 0 Å². The fraction of sp³-hybridized carbons (Fsp3) is 0.625. The van der Waals surface area contributed by atoms with E-state index in [0.717, 1.165) is 25.7 Å². The highest BCUT2D eigenvalue weighted by Crippen LogP contribution is 2.24. The first-order valence-corrected chi connectivity index (χ1v) is 6.42. The highest BCUT2D eigenvalue weighted by atomic mass is 35.5. The van der Waals surface area contributed by atoms with Crippen molar-refractivity contribution in [1.29, 1.82) is 0 Å². The van der Waals surface area contributed by atoms with Crippen molar-refractivity contribution in [2.45, 2.75) is 31.7 Å². The molecule has 6 heteroatoms. The van der Waals surface area contributed by atoms with Gasteiger partial charge in [-0.25, -0.2) is 8.42 Å². The maximum atomic E-state index is 11.5. The molecule has 1 aliphatic carbocycles. The molecule has 1 aliphatic heterocycles. The number of hydrogen-bond acceptors (Lipinski definition) is 3. The number of halogens is 1. The van der Waals surface area contributed by atoms with Crippen molar-refractivity contribution < 1.29 is 8.42 Å². The van der Waals surface area contributed by atoms with Crippen molar-refractivity contribution in [2.24, 2.45) is 4.99 Å². The largest absolute Gasteiger partial charge is 0.335 e. The van der Waals surface area contributed by atoms with Crippen LogP contribution in [-0.4, -0.2) is 19.6 Å². The van der Waals surface area contributed by atoms with E-state index < -0.39 is 9.84 Å². The van der Waals surface area contributed by atoms with Gasteiger partial charge in [-0.15, -0.1) is 0 Å². The number of rotatable bonds is 1. The molecule has 0 aromatic carbocycles. The highest BCUT2D eigenvalue weighted by Gasteiger charge is 2.30. The Hall–Kier alpha value is -0.550. The van der Waals surface area contributed by atoms with E-state index in [1.165, 1.54) is 6.20 Å². The summed E-state index contributed by atoms with van der Waals surface area (Å²) in [7, 11) is -3.49. The van der Waals surface area contributed by atoms with Crippen LogP contribution < -0.4 is 5.32 Å². The van der Waals surface area contributed by atoms with E-state index in [1.807, 2.05) is 0 Å². The van der Waals surface area contributed by atoms with Crippen molar-refractivity contribution in [3.63, 3.8) is 0 Å². The minimum Gasteiger partial charge on any atom is -0.335 e. The molecule has 14 heavy (non-hydrogen) atoms. The van der Waals surface area contributed by atoms with Crippen molar-refractivity contribution in [3.05, 3.63) is 10.6 Å². The molecule has 0 atom stereocenters. The Morgan fingerprint density at radius 3 is 2.57 bits per heavy atom. The van der Waals surface area contributed by atoms with Gasteiger partial charge < -0.3 is 5.32 Å². The molecule has 1 saturated carbocycles. The summed E-state index contributed by atoms with van der Waals surface area (Å²) in [6, 6.07) is 0.142. The third kappa shape index (κ3) is 1.66. The molecule has 0 bridgehead atoms. The number of nitrogens with zero attached hydrogens (tertiary/aromatic N) is 1. The maximum absolute atomic E-state index is 11.5. The Labute approximate surface area is 88.0 Å². The molecular formula is C8H11ClN2O2S. The molecule has 0 saturated heterocycles. The fourth-order valence-corrected chi connectivity index (χ4v) is 2.85. The molecule has 78 valence electrons. The first-order valence-electron chi connectivity index (χ1n) is 4.56. The van der Waals surface area contributed by atoms with Crippen molar-refractivity contribution in [1.82, 2.24) is 5.32 Å². The molecule has 1 N–H and O–H groups in total. The smallest absolute Gasteiger partial charge is 0.251 e. The molecule has 0 amide bonds. The lowest BCUT2D eigenvalue weighted by Gasteiger charge is -2.04. The molecule has 0 spiro atoms. The molecule has 2 aliphatic rings. The minimum absolute atomic E-state index is 0.00870. The normalized spacial score (nSPS) is 29.2. The Morgan fingerprint density at radius 1 is 1.43 bits per heavy atom. The van der Waals surface area contributed by atoms with Gasteiger partial charge in [-0.3, -0.25) is 4.99 Å². The highest BCUT2D eigenvalue weighted by molar-refractivity contribution is 8.11. The Balaban J connectivity index is 2.21. The summed E-state index contributed by atoms with van der Waals surface area (Å²) < 4.78 is 22.8. The first-order chi connectivity index (χ1) is 6.60. The fourth-order valence-electron chi connectivity index (χ4n) is 1.67. The van der Waals surface area contributed by atoms with Gasteiger partial charge in [-0.05, 0) is 12.8 Å². The lowest BCUT2D eigenvalue weighted by atomic mass is 10.3. The van der Waals surface area contributed by atoms with Crippen LogP contribution >= 0.6 is 11.6 Å². The summed E-state index contributed by atoms with van der Waals surface area (Å²) in [6.07, 6.45) is 5.46. The SMILES string of the molecule is O=S1(=O)C(Cl)=CNC1=NC1CCCC1. The molecule has 0 unspecified atom stereocenters. The van der Waals surface area contributed by atoms with Crippen LogP contribution in [0.3, 0.4) is 0 Å². The van der Waals surface area contributed by atoms with Crippen molar-refractivity contribution in [3.8, 4) is 0 Å². The van der Waals surface area contributed by atoms with Crippen LogP contribution in [0.5, 0.6) is 0 Å². The number of aliphatic imine (C=N–C) groups is 1. The van der Waals surface area contributed by atoms with Gasteiger partial charge in [0.05, 0.1) is 6.04 Å². The molecular weight excluding hydrogens is 224 g/mol. The maximum Gasteiger partial charge on any atom is 0.251 e. The summed E-state index contributed by atoms with van der Waals surface area (Å²) >= 11 is 5.51.